The van der Waals surface area contributed by atoms with E-state index in [1.165, 1.54) is 12.1 Å². The Labute approximate surface area is 127 Å². The van der Waals surface area contributed by atoms with Gasteiger partial charge in [-0.1, -0.05) is 29.8 Å². The van der Waals surface area contributed by atoms with E-state index in [0.717, 1.165) is 6.07 Å². The molecule has 2 aromatic carbocycles. The van der Waals surface area contributed by atoms with Crippen LogP contribution in [0.2, 0.25) is 5.02 Å². The highest BCUT2D eigenvalue weighted by atomic mass is 35.5. The molecule has 22 heavy (non-hydrogen) atoms. The zero-order chi connectivity index (χ0) is 16.1. The van der Waals surface area contributed by atoms with Crippen LogP contribution in [0.5, 0.6) is 5.75 Å². The van der Waals surface area contributed by atoms with E-state index in [0.29, 0.717) is 5.39 Å². The normalized spacial score (nSPS) is 12.9. The van der Waals surface area contributed by atoms with Crippen LogP contribution in [-0.2, 0) is 10.1 Å². The van der Waals surface area contributed by atoms with Crippen LogP contribution in [0.25, 0.3) is 21.9 Å². The van der Waals surface area contributed by atoms with Crippen LogP contribution in [0.4, 0.5) is 13.2 Å². The monoisotopic (exact) mass is 350 g/mol. The van der Waals surface area contributed by atoms with Gasteiger partial charge in [-0.2, -0.15) is 21.6 Å². The number of hydrogen-bond acceptors (Lipinski definition) is 4. The number of rotatable bonds is 2. The van der Waals surface area contributed by atoms with Gasteiger partial charge in [-0.15, -0.1) is 0 Å². The van der Waals surface area contributed by atoms with Crippen molar-refractivity contribution in [3.8, 4) is 5.75 Å². The third-order valence-electron chi connectivity index (χ3n) is 2.92. The molecule has 0 aliphatic heterocycles. The molecule has 0 unspecified atom stereocenters. The van der Waals surface area contributed by atoms with Gasteiger partial charge in [-0.05, 0) is 18.2 Å². The molecular weight excluding hydrogens is 345 g/mol. The number of halogens is 4. The highest BCUT2D eigenvalue weighted by molar-refractivity contribution is 7.88. The third-order valence-corrected chi connectivity index (χ3v) is 4.18. The zero-order valence-electron chi connectivity index (χ0n) is 10.5. The SMILES string of the molecule is O=S(=O)(Oc1cccc2oc3c(Cl)cccc3c12)C(F)(F)F. The topological polar surface area (TPSA) is 56.5 Å². The Hall–Kier alpha value is -1.93. The molecule has 0 spiro atoms. The molecule has 0 bridgehead atoms. The Morgan fingerprint density at radius 1 is 1.09 bits per heavy atom. The van der Waals surface area contributed by atoms with Gasteiger partial charge in [0.15, 0.2) is 11.3 Å². The van der Waals surface area contributed by atoms with Crippen molar-refractivity contribution in [3.63, 3.8) is 0 Å². The lowest BCUT2D eigenvalue weighted by Gasteiger charge is -2.09. The molecule has 0 aliphatic rings. The summed E-state index contributed by atoms with van der Waals surface area (Å²) < 4.78 is 69.4. The Bertz CT molecular complexity index is 976. The average molecular weight is 351 g/mol. The minimum absolute atomic E-state index is 0.104. The minimum Gasteiger partial charge on any atom is -0.454 e. The van der Waals surface area contributed by atoms with Gasteiger partial charge in [-0.25, -0.2) is 0 Å². The maximum absolute atomic E-state index is 12.5. The first kappa shape index (κ1) is 15.0. The van der Waals surface area contributed by atoms with E-state index in [1.807, 2.05) is 0 Å². The molecule has 0 radical (unpaired) electrons. The molecule has 0 fully saturated rings. The summed E-state index contributed by atoms with van der Waals surface area (Å²) in [6, 6.07) is 8.55. The first-order valence-corrected chi connectivity index (χ1v) is 7.60. The summed E-state index contributed by atoms with van der Waals surface area (Å²) in [6.45, 7) is 0. The molecule has 0 saturated heterocycles. The van der Waals surface area contributed by atoms with E-state index >= 15 is 0 Å². The molecule has 116 valence electrons. The van der Waals surface area contributed by atoms with Gasteiger partial charge >= 0.3 is 15.6 Å². The summed E-state index contributed by atoms with van der Waals surface area (Å²) in [5.74, 6) is -0.476. The number of hydrogen-bond donors (Lipinski definition) is 0. The number of fused-ring (bicyclic) bond motifs is 3. The second-order valence-electron chi connectivity index (χ2n) is 4.33. The maximum atomic E-state index is 12.5. The predicted octanol–water partition coefficient (Wildman–Crippen LogP) is 4.47. The molecule has 0 atom stereocenters. The average Bonchev–Trinajstić information content (AvgIpc) is 2.78. The van der Waals surface area contributed by atoms with Crippen molar-refractivity contribution in [2.24, 2.45) is 0 Å². The Balaban J connectivity index is 2.28. The van der Waals surface area contributed by atoms with E-state index in [2.05, 4.69) is 4.18 Å². The van der Waals surface area contributed by atoms with Crippen molar-refractivity contribution < 1.29 is 30.2 Å². The van der Waals surface area contributed by atoms with Crippen molar-refractivity contribution in [1.82, 2.24) is 0 Å². The molecule has 4 nitrogen and oxygen atoms in total. The Kier molecular flexibility index (Phi) is 3.26. The summed E-state index contributed by atoms with van der Waals surface area (Å²) in [4.78, 5) is 0. The minimum atomic E-state index is -5.77. The zero-order valence-corrected chi connectivity index (χ0v) is 12.1. The fourth-order valence-corrected chi connectivity index (χ4v) is 2.70. The van der Waals surface area contributed by atoms with Crippen molar-refractivity contribution in [2.75, 3.05) is 0 Å². The molecular formula is C13H6ClF3O4S. The predicted molar refractivity (Wildman–Crippen MR) is 74.3 cm³/mol. The second-order valence-corrected chi connectivity index (χ2v) is 6.28. The molecule has 0 amide bonds. The van der Waals surface area contributed by atoms with Crippen LogP contribution < -0.4 is 4.18 Å². The molecule has 0 N–H and O–H groups in total. The second kappa shape index (κ2) is 4.79. The van der Waals surface area contributed by atoms with Gasteiger partial charge in [0.25, 0.3) is 0 Å². The number of alkyl halides is 3. The number of furan rings is 1. The van der Waals surface area contributed by atoms with E-state index in [4.69, 9.17) is 16.0 Å². The van der Waals surface area contributed by atoms with Crippen LogP contribution in [-0.4, -0.2) is 13.9 Å². The van der Waals surface area contributed by atoms with E-state index in [9.17, 15) is 21.6 Å². The largest absolute Gasteiger partial charge is 0.534 e. The lowest BCUT2D eigenvalue weighted by atomic mass is 10.1. The van der Waals surface area contributed by atoms with E-state index in [1.54, 1.807) is 18.2 Å². The fourth-order valence-electron chi connectivity index (χ4n) is 2.02. The maximum Gasteiger partial charge on any atom is 0.534 e. The lowest BCUT2D eigenvalue weighted by Crippen LogP contribution is -2.28. The smallest absolute Gasteiger partial charge is 0.454 e. The summed E-state index contributed by atoms with van der Waals surface area (Å²) in [5, 5.41) is 0.710. The van der Waals surface area contributed by atoms with Crippen LogP contribution in [0.3, 0.4) is 0 Å². The fraction of sp³-hybridized carbons (Fsp3) is 0.0769. The Morgan fingerprint density at radius 2 is 1.77 bits per heavy atom. The number of benzene rings is 2. The standard InChI is InChI=1S/C13H6ClF3O4S/c14-8-4-1-3-7-11-9(20-12(7)8)5-2-6-10(11)21-22(18,19)13(15,16)17/h1-6H. The molecule has 0 saturated carbocycles. The van der Waals surface area contributed by atoms with Crippen LogP contribution >= 0.6 is 11.6 Å². The first-order chi connectivity index (χ1) is 10.2. The molecule has 1 aromatic heterocycles. The molecule has 9 heteroatoms. The van der Waals surface area contributed by atoms with Crippen LogP contribution in [0, 0.1) is 0 Å². The van der Waals surface area contributed by atoms with Gasteiger partial charge < -0.3 is 8.60 Å². The third kappa shape index (κ3) is 2.28. The summed E-state index contributed by atoms with van der Waals surface area (Å²) >= 11 is 5.95. The van der Waals surface area contributed by atoms with E-state index in [-0.39, 0.29) is 21.6 Å². The van der Waals surface area contributed by atoms with Crippen molar-refractivity contribution in [3.05, 3.63) is 41.4 Å². The van der Waals surface area contributed by atoms with Crippen LogP contribution in [0.15, 0.2) is 40.8 Å². The van der Waals surface area contributed by atoms with Gasteiger partial charge in [0, 0.05) is 5.39 Å². The summed E-state index contributed by atoms with van der Waals surface area (Å²) in [6.07, 6.45) is 0. The molecule has 3 rings (SSSR count). The summed E-state index contributed by atoms with van der Waals surface area (Å²) in [5.41, 5.74) is -5.12. The van der Waals surface area contributed by atoms with Crippen molar-refractivity contribution in [2.45, 2.75) is 5.51 Å². The first-order valence-electron chi connectivity index (χ1n) is 5.81. The van der Waals surface area contributed by atoms with E-state index < -0.39 is 21.4 Å². The van der Waals surface area contributed by atoms with Gasteiger partial charge in [0.1, 0.15) is 5.58 Å². The lowest BCUT2D eigenvalue weighted by molar-refractivity contribution is -0.0499. The number of para-hydroxylation sites is 1. The van der Waals surface area contributed by atoms with Gasteiger partial charge in [0.05, 0.1) is 10.4 Å². The highest BCUT2D eigenvalue weighted by Gasteiger charge is 2.48. The quantitative estimate of drug-likeness (QED) is 0.505. The molecule has 0 aliphatic carbocycles. The van der Waals surface area contributed by atoms with Gasteiger partial charge in [0.2, 0.25) is 0 Å². The van der Waals surface area contributed by atoms with Gasteiger partial charge in [-0.3, -0.25) is 0 Å². The van der Waals surface area contributed by atoms with Crippen molar-refractivity contribution >= 4 is 43.7 Å². The Morgan fingerprint density at radius 3 is 2.45 bits per heavy atom. The van der Waals surface area contributed by atoms with Crippen molar-refractivity contribution in [1.29, 1.82) is 0 Å². The van der Waals surface area contributed by atoms with Crippen LogP contribution in [0.1, 0.15) is 0 Å². The molecule has 1 heterocycles. The molecule has 3 aromatic rings. The highest BCUT2D eigenvalue weighted by Crippen LogP contribution is 2.39. The summed E-state index contributed by atoms with van der Waals surface area (Å²) in [7, 11) is -5.77.